The van der Waals surface area contributed by atoms with Gasteiger partial charge in [0.1, 0.15) is 12.4 Å². The predicted molar refractivity (Wildman–Crippen MR) is 103 cm³/mol. The Bertz CT molecular complexity index is 736. The summed E-state index contributed by atoms with van der Waals surface area (Å²) in [6.45, 7) is 2.84. The van der Waals surface area contributed by atoms with Crippen LogP contribution >= 0.6 is 35.6 Å². The van der Waals surface area contributed by atoms with Crippen LogP contribution in [0.3, 0.4) is 0 Å². The second-order valence-corrected chi connectivity index (χ2v) is 6.60. The van der Waals surface area contributed by atoms with Crippen LogP contribution in [0, 0.1) is 5.92 Å². The van der Waals surface area contributed by atoms with Gasteiger partial charge in [0, 0.05) is 41.2 Å². The average Bonchev–Trinajstić information content (AvgIpc) is 2.53. The van der Waals surface area contributed by atoms with Crippen LogP contribution in [0.2, 0.25) is 10.0 Å². The summed E-state index contributed by atoms with van der Waals surface area (Å²) in [6, 6.07) is 12.4. The van der Waals surface area contributed by atoms with Crippen molar-refractivity contribution in [1.29, 1.82) is 0 Å². The van der Waals surface area contributed by atoms with Crippen molar-refractivity contribution < 1.29 is 9.53 Å². The van der Waals surface area contributed by atoms with Gasteiger partial charge in [-0.1, -0.05) is 41.4 Å². The van der Waals surface area contributed by atoms with Gasteiger partial charge in [0.05, 0.1) is 5.56 Å². The molecule has 2 aromatic carbocycles. The first-order valence-corrected chi connectivity index (χ1v) is 8.54. The Morgan fingerprint density at radius 1 is 1.20 bits per heavy atom. The molecule has 1 amide bonds. The molecule has 0 unspecified atom stereocenters. The molecule has 0 saturated carbocycles. The molecule has 3 rings (SSSR count). The zero-order valence-corrected chi connectivity index (χ0v) is 15.8. The third-order valence-corrected chi connectivity index (χ3v) is 4.53. The lowest BCUT2D eigenvalue weighted by Crippen LogP contribution is -2.48. The molecule has 1 heterocycles. The molecule has 0 spiro atoms. The third kappa shape index (κ3) is 5.25. The maximum absolute atomic E-state index is 12.4. The average molecular weight is 402 g/mol. The monoisotopic (exact) mass is 400 g/mol. The van der Waals surface area contributed by atoms with Gasteiger partial charge in [0.2, 0.25) is 0 Å². The minimum Gasteiger partial charge on any atom is -0.488 e. The van der Waals surface area contributed by atoms with Gasteiger partial charge in [0.15, 0.2) is 0 Å². The smallest absolute Gasteiger partial charge is 0.255 e. The van der Waals surface area contributed by atoms with Crippen LogP contribution < -0.4 is 15.4 Å². The zero-order chi connectivity index (χ0) is 16.9. The highest BCUT2D eigenvalue weighted by molar-refractivity contribution is 6.35. The standard InChI is InChI=1S/C18H18Cl2N2O2.ClH/c19-14-6-5-13(16(20)7-14)11-24-17-4-2-1-3-15(17)18(23)22-10-12-8-21-9-12;/h1-7,12,21H,8-11H2,(H,22,23);1H. The van der Waals surface area contributed by atoms with Crippen molar-refractivity contribution in [3.05, 3.63) is 63.6 Å². The van der Waals surface area contributed by atoms with Gasteiger partial charge in [0.25, 0.3) is 5.91 Å². The molecule has 0 aromatic heterocycles. The molecule has 134 valence electrons. The minimum absolute atomic E-state index is 0. The molecule has 1 aliphatic rings. The summed E-state index contributed by atoms with van der Waals surface area (Å²) in [5, 5.41) is 7.26. The Kier molecular flexibility index (Phi) is 7.38. The first kappa shape index (κ1) is 19.9. The van der Waals surface area contributed by atoms with Gasteiger partial charge in [-0.3, -0.25) is 4.79 Å². The van der Waals surface area contributed by atoms with Crippen LogP contribution in [-0.4, -0.2) is 25.5 Å². The quantitative estimate of drug-likeness (QED) is 0.771. The first-order valence-electron chi connectivity index (χ1n) is 7.78. The molecule has 4 nitrogen and oxygen atoms in total. The lowest BCUT2D eigenvalue weighted by molar-refractivity contribution is 0.0937. The second kappa shape index (κ2) is 9.30. The molecule has 7 heteroatoms. The van der Waals surface area contributed by atoms with E-state index in [1.54, 1.807) is 24.3 Å². The van der Waals surface area contributed by atoms with Crippen molar-refractivity contribution in [2.45, 2.75) is 6.61 Å². The highest BCUT2D eigenvalue weighted by Crippen LogP contribution is 2.24. The second-order valence-electron chi connectivity index (χ2n) is 5.75. The van der Waals surface area contributed by atoms with E-state index in [-0.39, 0.29) is 24.9 Å². The van der Waals surface area contributed by atoms with Crippen molar-refractivity contribution in [2.24, 2.45) is 5.92 Å². The highest BCUT2D eigenvalue weighted by atomic mass is 35.5. The number of rotatable bonds is 6. The Morgan fingerprint density at radius 3 is 2.64 bits per heavy atom. The number of carbonyl (C=O) groups is 1. The summed E-state index contributed by atoms with van der Waals surface area (Å²) in [6.07, 6.45) is 0. The Morgan fingerprint density at radius 2 is 1.96 bits per heavy atom. The molecule has 1 fully saturated rings. The van der Waals surface area contributed by atoms with Crippen molar-refractivity contribution in [3.8, 4) is 5.75 Å². The molecule has 1 saturated heterocycles. The molecule has 1 aliphatic heterocycles. The minimum atomic E-state index is -0.125. The summed E-state index contributed by atoms with van der Waals surface area (Å²) in [5.41, 5.74) is 1.34. The van der Waals surface area contributed by atoms with Gasteiger partial charge in [-0.05, 0) is 24.3 Å². The summed E-state index contributed by atoms with van der Waals surface area (Å²) >= 11 is 12.1. The maximum Gasteiger partial charge on any atom is 0.255 e. The maximum atomic E-state index is 12.4. The number of nitrogens with one attached hydrogen (secondary N) is 2. The van der Waals surface area contributed by atoms with Gasteiger partial charge >= 0.3 is 0 Å². The van der Waals surface area contributed by atoms with Crippen LogP contribution in [0.25, 0.3) is 0 Å². The molecule has 2 N–H and O–H groups in total. The number of para-hydroxylation sites is 1. The van der Waals surface area contributed by atoms with E-state index in [9.17, 15) is 4.79 Å². The fourth-order valence-electron chi connectivity index (χ4n) is 2.40. The van der Waals surface area contributed by atoms with Crippen LogP contribution in [-0.2, 0) is 6.61 Å². The van der Waals surface area contributed by atoms with E-state index < -0.39 is 0 Å². The molecular formula is C18H19Cl3N2O2. The summed E-state index contributed by atoms with van der Waals surface area (Å²) in [5.74, 6) is 0.919. The first-order chi connectivity index (χ1) is 11.6. The number of halogens is 3. The highest BCUT2D eigenvalue weighted by Gasteiger charge is 2.19. The Labute approximate surface area is 163 Å². The van der Waals surface area contributed by atoms with Gasteiger partial charge in [-0.2, -0.15) is 0 Å². The van der Waals surface area contributed by atoms with Gasteiger partial charge in [-0.25, -0.2) is 0 Å². The number of hydrogen-bond acceptors (Lipinski definition) is 3. The van der Waals surface area contributed by atoms with E-state index in [2.05, 4.69) is 10.6 Å². The van der Waals surface area contributed by atoms with Gasteiger partial charge in [-0.15, -0.1) is 12.4 Å². The SMILES string of the molecule is Cl.O=C(NCC1CNC1)c1ccccc1OCc1ccc(Cl)cc1Cl. The van der Waals surface area contributed by atoms with E-state index in [1.807, 2.05) is 18.2 Å². The van der Waals surface area contributed by atoms with E-state index in [4.69, 9.17) is 27.9 Å². The van der Waals surface area contributed by atoms with Crippen molar-refractivity contribution >= 4 is 41.5 Å². The van der Waals surface area contributed by atoms with Crippen LogP contribution in [0.1, 0.15) is 15.9 Å². The largest absolute Gasteiger partial charge is 0.488 e. The molecular weight excluding hydrogens is 383 g/mol. The number of amides is 1. The van der Waals surface area contributed by atoms with E-state index >= 15 is 0 Å². The van der Waals surface area contributed by atoms with E-state index in [1.165, 1.54) is 0 Å². The van der Waals surface area contributed by atoms with Crippen molar-refractivity contribution in [1.82, 2.24) is 10.6 Å². The van der Waals surface area contributed by atoms with Crippen LogP contribution in [0.15, 0.2) is 42.5 Å². The third-order valence-electron chi connectivity index (χ3n) is 3.95. The molecule has 0 bridgehead atoms. The lowest BCUT2D eigenvalue weighted by Gasteiger charge is -2.27. The predicted octanol–water partition coefficient (Wildman–Crippen LogP) is 3.94. The van der Waals surface area contributed by atoms with Gasteiger partial charge < -0.3 is 15.4 Å². The Hall–Kier alpha value is -1.46. The normalized spacial score (nSPS) is 13.5. The van der Waals surface area contributed by atoms with Crippen LogP contribution in [0.4, 0.5) is 0 Å². The number of carbonyl (C=O) groups excluding carboxylic acids is 1. The van der Waals surface area contributed by atoms with E-state index in [0.29, 0.717) is 33.8 Å². The van der Waals surface area contributed by atoms with Crippen molar-refractivity contribution in [2.75, 3.05) is 19.6 Å². The Balaban J connectivity index is 0.00000225. The summed E-state index contributed by atoms with van der Waals surface area (Å²) in [7, 11) is 0. The number of ether oxygens (including phenoxy) is 1. The summed E-state index contributed by atoms with van der Waals surface area (Å²) < 4.78 is 5.81. The van der Waals surface area contributed by atoms with Crippen LogP contribution in [0.5, 0.6) is 5.75 Å². The van der Waals surface area contributed by atoms with Crippen molar-refractivity contribution in [3.63, 3.8) is 0 Å². The fraction of sp³-hybridized carbons (Fsp3) is 0.278. The molecule has 2 aromatic rings. The molecule has 25 heavy (non-hydrogen) atoms. The molecule has 0 atom stereocenters. The summed E-state index contributed by atoms with van der Waals surface area (Å²) in [4.78, 5) is 12.4. The fourth-order valence-corrected chi connectivity index (χ4v) is 2.86. The zero-order valence-electron chi connectivity index (χ0n) is 13.4. The van der Waals surface area contributed by atoms with E-state index in [0.717, 1.165) is 18.7 Å². The number of benzene rings is 2. The lowest BCUT2D eigenvalue weighted by atomic mass is 10.0. The number of hydrogen-bond donors (Lipinski definition) is 2. The topological polar surface area (TPSA) is 50.4 Å². The molecule has 0 radical (unpaired) electrons. The molecule has 0 aliphatic carbocycles.